The predicted molar refractivity (Wildman–Crippen MR) is 54.4 cm³/mol. The van der Waals surface area contributed by atoms with Gasteiger partial charge in [-0.15, -0.1) is 0 Å². The topological polar surface area (TPSA) is 35.8 Å². The zero-order valence-corrected chi connectivity index (χ0v) is 8.50. The fourth-order valence-electron chi connectivity index (χ4n) is 1.58. The molecule has 1 heterocycles. The lowest BCUT2D eigenvalue weighted by Gasteiger charge is -2.12. The van der Waals surface area contributed by atoms with Crippen molar-refractivity contribution in [2.45, 2.75) is 39.0 Å². The minimum Gasteiger partial charge on any atom is -0.314 e. The van der Waals surface area contributed by atoms with Crippen LogP contribution >= 0.6 is 0 Å². The summed E-state index contributed by atoms with van der Waals surface area (Å²) < 4.78 is 0. The van der Waals surface area contributed by atoms with Gasteiger partial charge >= 0.3 is 0 Å². The van der Waals surface area contributed by atoms with Crippen LogP contribution in [-0.2, 0) is 0 Å². The van der Waals surface area contributed by atoms with Crippen LogP contribution in [-0.4, -0.2) is 35.6 Å². The number of nitrogens with zero attached hydrogens (tertiary/aromatic N) is 2. The number of hydrogen-bond acceptors (Lipinski definition) is 3. The highest BCUT2D eigenvalue weighted by Gasteiger charge is 2.01. The molecule has 1 aliphatic heterocycles. The summed E-state index contributed by atoms with van der Waals surface area (Å²) in [6, 6.07) is 0. The first-order valence-electron chi connectivity index (χ1n) is 5.23. The van der Waals surface area contributed by atoms with Crippen LogP contribution in [0, 0.1) is 0 Å². The number of hydroxylamine groups is 2. The van der Waals surface area contributed by atoms with E-state index >= 15 is 0 Å². The Bertz CT molecular complexity index is 168. The maximum atomic E-state index is 9.37. The molecule has 0 aromatic heterocycles. The fraction of sp³-hybridized carbons (Fsp3) is 0.900. The standard InChI is InChI=1S/C10H20N2O/c1-10-6-4-2-3-5-8-12(13)9-7-11-10/h13H,2-9H2,1H3/b11-10+. The Balaban J connectivity index is 2.34. The van der Waals surface area contributed by atoms with Gasteiger partial charge in [0.2, 0.25) is 0 Å². The average Bonchev–Trinajstić information content (AvgIpc) is 2.13. The molecular weight excluding hydrogens is 164 g/mol. The fourth-order valence-corrected chi connectivity index (χ4v) is 1.58. The van der Waals surface area contributed by atoms with Gasteiger partial charge in [-0.1, -0.05) is 12.8 Å². The van der Waals surface area contributed by atoms with Gasteiger partial charge in [-0.2, -0.15) is 5.06 Å². The lowest BCUT2D eigenvalue weighted by molar-refractivity contribution is -0.0885. The van der Waals surface area contributed by atoms with Crippen molar-refractivity contribution in [2.24, 2.45) is 4.99 Å². The molecule has 0 spiro atoms. The van der Waals surface area contributed by atoms with Crippen LogP contribution in [0.15, 0.2) is 4.99 Å². The molecule has 1 rings (SSSR count). The van der Waals surface area contributed by atoms with E-state index in [0.717, 1.165) is 25.9 Å². The van der Waals surface area contributed by atoms with Crippen molar-refractivity contribution >= 4 is 5.71 Å². The van der Waals surface area contributed by atoms with Gasteiger partial charge in [-0.05, 0) is 26.2 Å². The third-order valence-corrected chi connectivity index (χ3v) is 2.44. The van der Waals surface area contributed by atoms with E-state index in [4.69, 9.17) is 0 Å². The van der Waals surface area contributed by atoms with Crippen LogP contribution in [0.2, 0.25) is 0 Å². The smallest absolute Gasteiger partial charge is 0.0539 e. The van der Waals surface area contributed by atoms with E-state index in [-0.39, 0.29) is 0 Å². The molecule has 0 saturated carbocycles. The first-order chi connectivity index (χ1) is 6.29. The maximum absolute atomic E-state index is 9.37. The molecular formula is C10H20N2O. The highest BCUT2D eigenvalue weighted by atomic mass is 16.5. The van der Waals surface area contributed by atoms with Crippen molar-refractivity contribution in [1.82, 2.24) is 5.06 Å². The quantitative estimate of drug-likeness (QED) is 0.626. The molecule has 0 bridgehead atoms. The molecule has 0 atom stereocenters. The van der Waals surface area contributed by atoms with Gasteiger partial charge < -0.3 is 5.21 Å². The lowest BCUT2D eigenvalue weighted by atomic mass is 10.1. The van der Waals surface area contributed by atoms with Gasteiger partial charge in [0.25, 0.3) is 0 Å². The number of aliphatic imine (C=N–C) groups is 1. The summed E-state index contributed by atoms with van der Waals surface area (Å²) in [6.07, 6.45) is 5.98. The molecule has 0 fully saturated rings. The molecule has 3 heteroatoms. The van der Waals surface area contributed by atoms with Crippen LogP contribution in [0.25, 0.3) is 0 Å². The Kier molecular flexibility index (Phi) is 5.01. The van der Waals surface area contributed by atoms with Crippen molar-refractivity contribution in [3.63, 3.8) is 0 Å². The molecule has 0 radical (unpaired) electrons. The number of hydrogen-bond donors (Lipinski definition) is 1. The second-order valence-electron chi connectivity index (χ2n) is 3.73. The van der Waals surface area contributed by atoms with Crippen molar-refractivity contribution in [2.75, 3.05) is 19.6 Å². The molecule has 1 N–H and O–H groups in total. The summed E-state index contributed by atoms with van der Waals surface area (Å²) in [5, 5.41) is 10.8. The monoisotopic (exact) mass is 184 g/mol. The Labute approximate surface area is 80.4 Å². The highest BCUT2D eigenvalue weighted by molar-refractivity contribution is 5.81. The van der Waals surface area contributed by atoms with Crippen molar-refractivity contribution in [3.8, 4) is 0 Å². The van der Waals surface area contributed by atoms with E-state index in [0.29, 0.717) is 6.54 Å². The zero-order chi connectivity index (χ0) is 9.52. The Hall–Kier alpha value is -0.410. The van der Waals surface area contributed by atoms with Crippen LogP contribution < -0.4 is 0 Å². The van der Waals surface area contributed by atoms with Crippen LogP contribution in [0.4, 0.5) is 0 Å². The highest BCUT2D eigenvalue weighted by Crippen LogP contribution is 2.06. The van der Waals surface area contributed by atoms with Crippen LogP contribution in [0.5, 0.6) is 0 Å². The van der Waals surface area contributed by atoms with Gasteiger partial charge in [0.05, 0.1) is 6.54 Å². The molecule has 0 aromatic rings. The predicted octanol–water partition coefficient (Wildman–Crippen LogP) is 2.10. The molecule has 0 unspecified atom stereocenters. The van der Waals surface area contributed by atoms with E-state index in [1.807, 2.05) is 0 Å². The van der Waals surface area contributed by atoms with E-state index in [1.54, 1.807) is 0 Å². The summed E-state index contributed by atoms with van der Waals surface area (Å²) >= 11 is 0. The summed E-state index contributed by atoms with van der Waals surface area (Å²) in [5.74, 6) is 0. The summed E-state index contributed by atoms with van der Waals surface area (Å²) in [6.45, 7) is 4.30. The maximum Gasteiger partial charge on any atom is 0.0539 e. The second-order valence-corrected chi connectivity index (χ2v) is 3.73. The normalized spacial score (nSPS) is 27.4. The lowest BCUT2D eigenvalue weighted by Crippen LogP contribution is -2.23. The van der Waals surface area contributed by atoms with E-state index < -0.39 is 0 Å². The van der Waals surface area contributed by atoms with Gasteiger partial charge in [-0.3, -0.25) is 4.99 Å². The first kappa shape index (κ1) is 10.7. The van der Waals surface area contributed by atoms with Crippen molar-refractivity contribution in [1.29, 1.82) is 0 Å². The molecule has 0 aromatic carbocycles. The van der Waals surface area contributed by atoms with Crippen LogP contribution in [0.1, 0.15) is 39.0 Å². The van der Waals surface area contributed by atoms with Gasteiger partial charge in [0.15, 0.2) is 0 Å². The Morgan fingerprint density at radius 3 is 2.77 bits per heavy atom. The minimum atomic E-state index is 0.678. The molecule has 0 saturated heterocycles. The SMILES string of the molecule is C/C1=N\CCN(O)CCCCCC1. The van der Waals surface area contributed by atoms with Crippen molar-refractivity contribution < 1.29 is 5.21 Å². The molecule has 1 aliphatic rings. The second kappa shape index (κ2) is 6.11. The average molecular weight is 184 g/mol. The third kappa shape index (κ3) is 5.01. The Morgan fingerprint density at radius 1 is 1.15 bits per heavy atom. The molecule has 76 valence electrons. The largest absolute Gasteiger partial charge is 0.314 e. The molecule has 0 aliphatic carbocycles. The summed E-state index contributed by atoms with van der Waals surface area (Å²) in [5.41, 5.74) is 1.23. The van der Waals surface area contributed by atoms with E-state index in [1.165, 1.54) is 30.0 Å². The molecule has 0 amide bonds. The van der Waals surface area contributed by atoms with E-state index in [2.05, 4.69) is 11.9 Å². The Morgan fingerprint density at radius 2 is 1.92 bits per heavy atom. The number of rotatable bonds is 0. The van der Waals surface area contributed by atoms with Crippen molar-refractivity contribution in [3.05, 3.63) is 0 Å². The minimum absolute atomic E-state index is 0.678. The molecule has 13 heavy (non-hydrogen) atoms. The zero-order valence-electron chi connectivity index (χ0n) is 8.50. The van der Waals surface area contributed by atoms with Gasteiger partial charge in [-0.25, -0.2) is 0 Å². The first-order valence-corrected chi connectivity index (χ1v) is 5.23. The molecule has 3 nitrogen and oxygen atoms in total. The van der Waals surface area contributed by atoms with Gasteiger partial charge in [0.1, 0.15) is 0 Å². The third-order valence-electron chi connectivity index (χ3n) is 2.44. The summed E-state index contributed by atoms with van der Waals surface area (Å²) in [7, 11) is 0. The van der Waals surface area contributed by atoms with Gasteiger partial charge in [0, 0.05) is 18.8 Å². The summed E-state index contributed by atoms with van der Waals surface area (Å²) in [4.78, 5) is 4.39. The van der Waals surface area contributed by atoms with Crippen LogP contribution in [0.3, 0.4) is 0 Å². The van der Waals surface area contributed by atoms with E-state index in [9.17, 15) is 5.21 Å².